The number of hydrogen-bond donors (Lipinski definition) is 2. The van der Waals surface area contributed by atoms with Gasteiger partial charge in [0.2, 0.25) is 5.91 Å². The van der Waals surface area contributed by atoms with Crippen LogP contribution in [0.5, 0.6) is 0 Å². The summed E-state index contributed by atoms with van der Waals surface area (Å²) < 4.78 is 0. The summed E-state index contributed by atoms with van der Waals surface area (Å²) in [5.74, 6) is 0.224. The molecule has 0 spiro atoms. The Labute approximate surface area is 151 Å². The highest BCUT2D eigenvalue weighted by Crippen LogP contribution is 2.23. The minimum absolute atomic E-state index is 0. The Morgan fingerprint density at radius 1 is 1.33 bits per heavy atom. The smallest absolute Gasteiger partial charge is 0.237 e. The van der Waals surface area contributed by atoms with Crippen LogP contribution in [0.15, 0.2) is 24.5 Å². The monoisotopic (exact) mass is 354 g/mol. The topological polar surface area (TPSA) is 71.2 Å². The summed E-state index contributed by atoms with van der Waals surface area (Å²) in [6, 6.07) is 4.39. The second-order valence-electron chi connectivity index (χ2n) is 6.69. The molecule has 24 heavy (non-hydrogen) atoms. The Kier molecular flexibility index (Phi) is 8.67. The molecule has 1 aliphatic rings. The molecule has 1 fully saturated rings. The highest BCUT2D eigenvalue weighted by Gasteiger charge is 2.27. The second kappa shape index (κ2) is 9.97. The van der Waals surface area contributed by atoms with E-state index >= 15 is 0 Å². The summed E-state index contributed by atoms with van der Waals surface area (Å²) in [5.41, 5.74) is 7.30. The van der Waals surface area contributed by atoms with E-state index < -0.39 is 6.04 Å². The number of carbonyl (C=O) groups excluding carboxylic acids is 1. The molecule has 0 aliphatic carbocycles. The Balaban J connectivity index is 0.00000288. The molecule has 0 radical (unpaired) electrons. The van der Waals surface area contributed by atoms with Crippen LogP contribution in [0.4, 0.5) is 0 Å². The lowest BCUT2D eigenvalue weighted by Gasteiger charge is -2.37. The number of pyridine rings is 1. The van der Waals surface area contributed by atoms with E-state index in [-0.39, 0.29) is 30.3 Å². The SMILES string of the molecule is CCC(C)C(N)C(=O)NC1CCN(C(C)c2ccncc2)CC1.Cl. The molecule has 0 aromatic carbocycles. The van der Waals surface area contributed by atoms with Crippen molar-refractivity contribution in [2.45, 2.75) is 58.2 Å². The summed E-state index contributed by atoms with van der Waals surface area (Å²) in [7, 11) is 0. The van der Waals surface area contributed by atoms with Crippen LogP contribution in [-0.4, -0.2) is 41.0 Å². The van der Waals surface area contributed by atoms with Crippen molar-refractivity contribution in [3.05, 3.63) is 30.1 Å². The number of nitrogens with zero attached hydrogens (tertiary/aromatic N) is 2. The lowest BCUT2D eigenvalue weighted by molar-refractivity contribution is -0.124. The van der Waals surface area contributed by atoms with Crippen molar-refractivity contribution in [3.63, 3.8) is 0 Å². The number of amides is 1. The van der Waals surface area contributed by atoms with Crippen molar-refractivity contribution >= 4 is 18.3 Å². The van der Waals surface area contributed by atoms with Gasteiger partial charge in [0, 0.05) is 37.6 Å². The lowest BCUT2D eigenvalue weighted by atomic mass is 9.97. The van der Waals surface area contributed by atoms with E-state index in [0.717, 1.165) is 32.4 Å². The van der Waals surface area contributed by atoms with Crippen LogP contribution in [-0.2, 0) is 4.79 Å². The molecule has 5 nitrogen and oxygen atoms in total. The van der Waals surface area contributed by atoms with E-state index in [1.54, 1.807) is 0 Å². The zero-order chi connectivity index (χ0) is 16.8. The Bertz CT molecular complexity index is 491. The van der Waals surface area contributed by atoms with Crippen molar-refractivity contribution < 1.29 is 4.79 Å². The number of nitrogens with one attached hydrogen (secondary N) is 1. The minimum atomic E-state index is -0.395. The van der Waals surface area contributed by atoms with Gasteiger partial charge in [-0.3, -0.25) is 14.7 Å². The minimum Gasteiger partial charge on any atom is -0.352 e. The van der Waals surface area contributed by atoms with E-state index in [0.29, 0.717) is 6.04 Å². The summed E-state index contributed by atoms with van der Waals surface area (Å²) >= 11 is 0. The predicted octanol–water partition coefficient (Wildman–Crippen LogP) is 2.52. The van der Waals surface area contributed by atoms with Crippen LogP contribution < -0.4 is 11.1 Å². The van der Waals surface area contributed by atoms with Gasteiger partial charge in [-0.1, -0.05) is 20.3 Å². The van der Waals surface area contributed by atoms with Crippen LogP contribution in [0, 0.1) is 5.92 Å². The maximum absolute atomic E-state index is 12.2. The number of rotatable bonds is 6. The third kappa shape index (κ3) is 5.43. The normalized spacial score (nSPS) is 19.8. The van der Waals surface area contributed by atoms with E-state index in [9.17, 15) is 4.79 Å². The highest BCUT2D eigenvalue weighted by molar-refractivity contribution is 5.85. The van der Waals surface area contributed by atoms with Crippen molar-refractivity contribution in [2.24, 2.45) is 11.7 Å². The van der Waals surface area contributed by atoms with E-state index in [1.807, 2.05) is 19.3 Å². The van der Waals surface area contributed by atoms with E-state index in [1.165, 1.54) is 5.56 Å². The molecule has 2 heterocycles. The largest absolute Gasteiger partial charge is 0.352 e. The molecule has 0 saturated carbocycles. The van der Waals surface area contributed by atoms with Crippen molar-refractivity contribution in [3.8, 4) is 0 Å². The average Bonchev–Trinajstić information content (AvgIpc) is 2.61. The molecule has 0 bridgehead atoms. The Morgan fingerprint density at radius 3 is 2.46 bits per heavy atom. The molecular formula is C18H31ClN4O. The molecule has 1 amide bonds. The fraction of sp³-hybridized carbons (Fsp3) is 0.667. The summed E-state index contributed by atoms with van der Waals surface area (Å²) in [5, 5.41) is 3.13. The van der Waals surface area contributed by atoms with Gasteiger partial charge in [0.15, 0.2) is 0 Å². The maximum Gasteiger partial charge on any atom is 0.237 e. The number of carbonyl (C=O) groups is 1. The van der Waals surface area contributed by atoms with Gasteiger partial charge in [-0.25, -0.2) is 0 Å². The average molecular weight is 355 g/mol. The molecule has 6 heteroatoms. The molecule has 1 aromatic heterocycles. The van der Waals surface area contributed by atoms with Crippen molar-refractivity contribution in [1.82, 2.24) is 15.2 Å². The molecule has 1 aromatic rings. The van der Waals surface area contributed by atoms with E-state index in [2.05, 4.69) is 41.2 Å². The summed E-state index contributed by atoms with van der Waals surface area (Å²) in [6.45, 7) is 8.31. The van der Waals surface area contributed by atoms with Crippen LogP contribution in [0.25, 0.3) is 0 Å². The number of halogens is 1. The van der Waals surface area contributed by atoms with Gasteiger partial charge in [-0.05, 0) is 43.4 Å². The Hall–Kier alpha value is -1.17. The molecule has 3 N–H and O–H groups in total. The molecule has 1 saturated heterocycles. The molecule has 3 unspecified atom stereocenters. The molecule has 1 aliphatic heterocycles. The third-order valence-corrected chi connectivity index (χ3v) is 5.17. The van der Waals surface area contributed by atoms with Crippen molar-refractivity contribution in [2.75, 3.05) is 13.1 Å². The highest BCUT2D eigenvalue weighted by atomic mass is 35.5. The van der Waals surface area contributed by atoms with Gasteiger partial charge in [0.25, 0.3) is 0 Å². The first-order chi connectivity index (χ1) is 11.0. The zero-order valence-electron chi connectivity index (χ0n) is 14.9. The van der Waals surface area contributed by atoms with Gasteiger partial charge in [-0.15, -0.1) is 12.4 Å². The van der Waals surface area contributed by atoms with Crippen LogP contribution in [0.3, 0.4) is 0 Å². The predicted molar refractivity (Wildman–Crippen MR) is 100 cm³/mol. The van der Waals surface area contributed by atoms with Gasteiger partial charge in [0.05, 0.1) is 6.04 Å². The number of nitrogens with two attached hydrogens (primary N) is 1. The molecule has 2 rings (SSSR count). The number of hydrogen-bond acceptors (Lipinski definition) is 4. The fourth-order valence-electron chi connectivity index (χ4n) is 3.09. The van der Waals surface area contributed by atoms with Gasteiger partial charge in [-0.2, -0.15) is 0 Å². The van der Waals surface area contributed by atoms with Gasteiger partial charge < -0.3 is 11.1 Å². The third-order valence-electron chi connectivity index (χ3n) is 5.17. The van der Waals surface area contributed by atoms with Crippen LogP contribution in [0.2, 0.25) is 0 Å². The first-order valence-electron chi connectivity index (χ1n) is 8.72. The lowest BCUT2D eigenvalue weighted by Crippen LogP contribution is -2.51. The maximum atomic E-state index is 12.2. The van der Waals surface area contributed by atoms with Gasteiger partial charge >= 0.3 is 0 Å². The van der Waals surface area contributed by atoms with E-state index in [4.69, 9.17) is 5.73 Å². The number of piperidine rings is 1. The quantitative estimate of drug-likeness (QED) is 0.823. The van der Waals surface area contributed by atoms with Gasteiger partial charge in [0.1, 0.15) is 0 Å². The van der Waals surface area contributed by atoms with Crippen LogP contribution >= 0.6 is 12.4 Å². The number of likely N-dealkylation sites (tertiary alicyclic amines) is 1. The second-order valence-corrected chi connectivity index (χ2v) is 6.69. The fourth-order valence-corrected chi connectivity index (χ4v) is 3.09. The summed E-state index contributed by atoms with van der Waals surface area (Å²) in [4.78, 5) is 18.7. The first-order valence-corrected chi connectivity index (χ1v) is 8.72. The molecule has 3 atom stereocenters. The molecule has 136 valence electrons. The zero-order valence-corrected chi connectivity index (χ0v) is 15.8. The summed E-state index contributed by atoms with van der Waals surface area (Å²) in [6.07, 6.45) is 6.57. The van der Waals surface area contributed by atoms with Crippen molar-refractivity contribution in [1.29, 1.82) is 0 Å². The molecular weight excluding hydrogens is 324 g/mol. The number of aromatic nitrogens is 1. The Morgan fingerprint density at radius 2 is 1.92 bits per heavy atom. The van der Waals surface area contributed by atoms with Crippen LogP contribution in [0.1, 0.15) is 51.6 Å². The first kappa shape index (κ1) is 20.9. The standard InChI is InChI=1S/C18H30N4O.ClH/c1-4-13(2)17(19)18(23)21-16-7-11-22(12-8-16)14(3)15-5-9-20-10-6-15;/h5-6,9-10,13-14,16-17H,4,7-8,11-12,19H2,1-3H3,(H,21,23);1H.